The van der Waals surface area contributed by atoms with Gasteiger partial charge in [-0.05, 0) is 78.4 Å². The highest BCUT2D eigenvalue weighted by Gasteiger charge is 2.29. The number of anilines is 1. The second kappa shape index (κ2) is 20.3. The first-order chi connectivity index (χ1) is 33.2. The molecule has 0 fully saturated rings. The third-order valence-corrected chi connectivity index (χ3v) is 16.1. The number of carboxylic acid groups (broad SMARTS) is 1. The number of nitrogens with zero attached hydrogens (tertiary/aromatic N) is 2. The zero-order valence-corrected chi connectivity index (χ0v) is 41.5. The Morgan fingerprint density at radius 2 is 1.15 bits per heavy atom. The van der Waals surface area contributed by atoms with Crippen molar-refractivity contribution < 1.29 is 96.9 Å². The standard InChI is InChI=1S/C41H39N3O22S6/c1-44(16-4-7-39(45)46)41(47)28-6-3-2-5-27(28)40-29-19-37(71(60,61)62)31(42-14-12-23-8-10-25(67(48,49)50)17-35(23)69(54,55)56)21-33(29)66-34-22-32(38(20-30(34)40)72(63,64)65)43-15-13-24-9-11-26(68(51,52)53)18-36(24)70(57,58)59/h2-3,5-6,8-11,17-22,42H,4,7,12-16H2,1H3,(H,45,46)(H,48,49,50)(H,51,52,53)(H,54,55,56)(H,57,58,59)(H,60,61,62)(H,63,64,65). The molecule has 0 bridgehead atoms. The van der Waals surface area contributed by atoms with Crippen molar-refractivity contribution in [2.75, 3.05) is 32.0 Å². The van der Waals surface area contributed by atoms with E-state index in [9.17, 15) is 87.4 Å². The van der Waals surface area contributed by atoms with Crippen LogP contribution in [-0.4, -0.2) is 126 Å². The van der Waals surface area contributed by atoms with E-state index in [0.717, 1.165) is 48.5 Å². The second-order valence-electron chi connectivity index (χ2n) is 15.6. The molecule has 0 aromatic heterocycles. The maximum absolute atomic E-state index is 14.1. The first-order valence-electron chi connectivity index (χ1n) is 20.2. The van der Waals surface area contributed by atoms with Crippen LogP contribution in [0.4, 0.5) is 5.69 Å². The van der Waals surface area contributed by atoms with Gasteiger partial charge in [0.05, 0.1) is 30.6 Å². The molecule has 0 unspecified atom stereocenters. The average Bonchev–Trinajstić information content (AvgIpc) is 3.25. The van der Waals surface area contributed by atoms with E-state index in [2.05, 4.69) is 10.3 Å². The number of carboxylic acids is 1. The lowest BCUT2D eigenvalue weighted by molar-refractivity contribution is -0.137. The van der Waals surface area contributed by atoms with Gasteiger partial charge in [0.2, 0.25) is 0 Å². The number of benzene rings is 5. The Morgan fingerprint density at radius 3 is 1.68 bits per heavy atom. The van der Waals surface area contributed by atoms with Crippen LogP contribution in [0, 0.1) is 0 Å². The van der Waals surface area contributed by atoms with Gasteiger partial charge >= 0.3 is 5.97 Å². The Balaban J connectivity index is 1.60. The normalized spacial score (nSPS) is 13.1. The Hall–Kier alpha value is -6.23. The molecule has 1 aliphatic heterocycles. The van der Waals surface area contributed by atoms with Crippen molar-refractivity contribution in [1.82, 2.24) is 4.90 Å². The number of aliphatic carboxylic acids is 1. The van der Waals surface area contributed by atoms with Crippen molar-refractivity contribution in [3.63, 3.8) is 0 Å². The summed E-state index contributed by atoms with van der Waals surface area (Å²) in [5, 5.41) is 11.1. The second-order valence-corrected chi connectivity index (χ2v) is 24.0. The Morgan fingerprint density at radius 1 is 0.611 bits per heavy atom. The summed E-state index contributed by atoms with van der Waals surface area (Å²) < 4.78 is 214. The molecular weight excluding hydrogens is 1080 g/mol. The third-order valence-electron chi connectivity index (χ3n) is 10.7. The summed E-state index contributed by atoms with van der Waals surface area (Å²) in [5.74, 6) is -2.14. The largest absolute Gasteiger partial charge is 0.481 e. The summed E-state index contributed by atoms with van der Waals surface area (Å²) in [4.78, 5) is 25.2. The molecule has 31 heteroatoms. The Bertz CT molecular complexity index is 3950. The van der Waals surface area contributed by atoms with Gasteiger partial charge in [-0.25, -0.2) is 0 Å². The van der Waals surface area contributed by atoms with Gasteiger partial charge in [-0.15, -0.1) is 0 Å². The lowest BCUT2D eigenvalue weighted by Crippen LogP contribution is -2.28. The van der Waals surface area contributed by atoms with Crippen molar-refractivity contribution in [1.29, 1.82) is 0 Å². The van der Waals surface area contributed by atoms with Crippen molar-refractivity contribution in [2.45, 2.75) is 55.1 Å². The molecule has 0 spiro atoms. The minimum atomic E-state index is -5.31. The van der Waals surface area contributed by atoms with E-state index in [1.165, 1.54) is 36.2 Å². The quantitative estimate of drug-likeness (QED) is 0.0425. The van der Waals surface area contributed by atoms with Crippen LogP contribution in [0.2, 0.25) is 0 Å². The fraction of sp³-hybridized carbons (Fsp3) is 0.195. The van der Waals surface area contributed by atoms with Crippen LogP contribution >= 0.6 is 0 Å². The number of hydrogen-bond acceptors (Lipinski definition) is 17. The van der Waals surface area contributed by atoms with Gasteiger partial charge in [-0.1, -0.05) is 30.3 Å². The molecule has 1 heterocycles. The SMILES string of the molecule is CN(CCCC(=O)O)C(=O)c1ccccc1-c1c2cc(S(=O)(=O)O)c(=NCCc3ccc(S(=O)(=O)O)cc3S(=O)(=O)O)cc-2oc2cc(NCCc3ccc(S(=O)(=O)O)cc3S(=O)(=O)O)c(S(=O)(=O)O)cc12. The van der Waals surface area contributed by atoms with E-state index >= 15 is 0 Å². The predicted molar refractivity (Wildman–Crippen MR) is 250 cm³/mol. The number of rotatable bonds is 19. The Labute approximate surface area is 410 Å². The van der Waals surface area contributed by atoms with Gasteiger partial charge in [0.1, 0.15) is 21.1 Å². The van der Waals surface area contributed by atoms with E-state index in [1.807, 2.05) is 0 Å². The maximum Gasteiger partial charge on any atom is 0.303 e. The van der Waals surface area contributed by atoms with E-state index < -0.39 is 139 Å². The van der Waals surface area contributed by atoms with E-state index in [0.29, 0.717) is 12.1 Å². The van der Waals surface area contributed by atoms with Crippen LogP contribution in [0.3, 0.4) is 0 Å². The molecule has 0 saturated heterocycles. The van der Waals surface area contributed by atoms with Crippen LogP contribution in [0.1, 0.15) is 34.3 Å². The highest BCUT2D eigenvalue weighted by Crippen LogP contribution is 2.44. The van der Waals surface area contributed by atoms with Crippen molar-refractivity contribution in [3.8, 4) is 22.5 Å². The molecule has 0 saturated carbocycles. The predicted octanol–water partition coefficient (Wildman–Crippen LogP) is 3.42. The molecule has 0 radical (unpaired) electrons. The van der Waals surface area contributed by atoms with Crippen LogP contribution < -0.4 is 10.7 Å². The fourth-order valence-electron chi connectivity index (χ4n) is 7.48. The van der Waals surface area contributed by atoms with Crippen LogP contribution in [-0.2, 0) is 78.3 Å². The molecule has 4 aromatic rings. The smallest absolute Gasteiger partial charge is 0.303 e. The summed E-state index contributed by atoms with van der Waals surface area (Å²) in [5.41, 5.74) is -1.75. The van der Waals surface area contributed by atoms with Gasteiger partial charge < -0.3 is 19.7 Å². The summed E-state index contributed by atoms with van der Waals surface area (Å²) >= 11 is 0. The molecule has 1 aliphatic carbocycles. The minimum Gasteiger partial charge on any atom is -0.481 e. The topological polar surface area (TPSA) is 421 Å². The minimum absolute atomic E-state index is 0.0211. The monoisotopic (exact) mass is 1120 g/mol. The molecule has 0 atom stereocenters. The van der Waals surface area contributed by atoms with Gasteiger partial charge in [0, 0.05) is 67.3 Å². The van der Waals surface area contributed by atoms with E-state index in [-0.39, 0.29) is 69.5 Å². The number of fused-ring (bicyclic) bond motifs is 2. The van der Waals surface area contributed by atoms with Crippen molar-refractivity contribution in [3.05, 3.63) is 107 Å². The number of nitrogens with one attached hydrogen (secondary N) is 1. The van der Waals surface area contributed by atoms with E-state index in [1.54, 1.807) is 0 Å². The highest BCUT2D eigenvalue weighted by molar-refractivity contribution is 7.87. The lowest BCUT2D eigenvalue weighted by atomic mass is 9.90. The van der Waals surface area contributed by atoms with Crippen molar-refractivity contribution >= 4 is 89.2 Å². The zero-order chi connectivity index (χ0) is 53.5. The average molecular weight is 1120 g/mol. The number of carbonyl (C=O) groups is 2. The fourth-order valence-corrected chi connectivity index (χ4v) is 11.5. The molecule has 1 amide bonds. The van der Waals surface area contributed by atoms with Gasteiger partial charge in [-0.3, -0.25) is 41.9 Å². The van der Waals surface area contributed by atoms with Gasteiger partial charge in [-0.2, -0.15) is 50.5 Å². The summed E-state index contributed by atoms with van der Waals surface area (Å²) in [6.07, 6.45) is -1.14. The number of carbonyl (C=O) groups excluding carboxylic acids is 1. The first kappa shape index (κ1) is 55.1. The molecule has 2 aliphatic rings. The molecule has 6 rings (SSSR count). The summed E-state index contributed by atoms with van der Waals surface area (Å²) in [6.45, 7) is -1.04. The van der Waals surface area contributed by atoms with E-state index in [4.69, 9.17) is 9.52 Å². The van der Waals surface area contributed by atoms with Gasteiger partial charge in [0.15, 0.2) is 0 Å². The summed E-state index contributed by atoms with van der Waals surface area (Å²) in [6, 6.07) is 13.8. The maximum atomic E-state index is 14.1. The lowest BCUT2D eigenvalue weighted by Gasteiger charge is -2.22. The first-order valence-corrected chi connectivity index (χ1v) is 28.8. The van der Waals surface area contributed by atoms with Crippen LogP contribution in [0.5, 0.6) is 0 Å². The number of hydrogen-bond donors (Lipinski definition) is 8. The molecular formula is C41H39N3O22S6. The zero-order valence-electron chi connectivity index (χ0n) is 36.6. The van der Waals surface area contributed by atoms with Gasteiger partial charge in [0.25, 0.3) is 66.6 Å². The molecule has 386 valence electrons. The summed E-state index contributed by atoms with van der Waals surface area (Å²) in [7, 11) is -29.4. The van der Waals surface area contributed by atoms with Crippen LogP contribution in [0.15, 0.2) is 124 Å². The molecule has 72 heavy (non-hydrogen) atoms. The highest BCUT2D eigenvalue weighted by atomic mass is 32.2. The third kappa shape index (κ3) is 12.7. The molecule has 25 nitrogen and oxygen atoms in total. The number of amides is 1. The molecule has 4 aromatic carbocycles. The van der Waals surface area contributed by atoms with Crippen LogP contribution in [0.25, 0.3) is 33.4 Å². The van der Waals surface area contributed by atoms with Crippen molar-refractivity contribution in [2.24, 2.45) is 4.99 Å². The Kier molecular flexibility index (Phi) is 15.6. The molecule has 8 N–H and O–H groups in total.